The highest BCUT2D eigenvalue weighted by Gasteiger charge is 2.49. The summed E-state index contributed by atoms with van der Waals surface area (Å²) in [7, 11) is 0.306. The Morgan fingerprint density at radius 1 is 1.13 bits per heavy atom. The first-order chi connectivity index (χ1) is 14.8. The van der Waals surface area contributed by atoms with Crippen LogP contribution in [0.5, 0.6) is 0 Å². The lowest BCUT2D eigenvalue weighted by atomic mass is 9.99. The fourth-order valence-corrected chi connectivity index (χ4v) is 7.56. The Hall–Kier alpha value is -1.49. The van der Waals surface area contributed by atoms with E-state index in [4.69, 9.17) is 4.52 Å². The Morgan fingerprint density at radius 3 is 2.39 bits per heavy atom. The highest BCUT2D eigenvalue weighted by molar-refractivity contribution is 7.86. The molecule has 3 saturated heterocycles. The zero-order valence-corrected chi connectivity index (χ0v) is 19.2. The summed E-state index contributed by atoms with van der Waals surface area (Å²) in [5, 5.41) is 7.00. The van der Waals surface area contributed by atoms with E-state index >= 15 is 0 Å². The average molecular weight is 452 g/mol. The van der Waals surface area contributed by atoms with E-state index in [1.54, 1.807) is 21.7 Å². The van der Waals surface area contributed by atoms with Crippen molar-refractivity contribution in [2.75, 3.05) is 27.2 Å². The normalized spacial score (nSPS) is 30.7. The van der Waals surface area contributed by atoms with E-state index in [2.05, 4.69) is 22.4 Å². The lowest BCUT2D eigenvalue weighted by Gasteiger charge is -2.42. The van der Waals surface area contributed by atoms with Gasteiger partial charge in [0.25, 0.3) is 16.1 Å². The molecular formula is C21H33N5O4S. The summed E-state index contributed by atoms with van der Waals surface area (Å²) in [6.07, 6.45) is 6.94. The molecule has 1 aliphatic carbocycles. The lowest BCUT2D eigenvalue weighted by Crippen LogP contribution is -2.57. The first-order valence-corrected chi connectivity index (χ1v) is 12.9. The van der Waals surface area contributed by atoms with Crippen molar-refractivity contribution in [3.63, 3.8) is 0 Å². The summed E-state index contributed by atoms with van der Waals surface area (Å²) in [4.78, 5) is 14.9. The molecule has 9 nitrogen and oxygen atoms in total. The number of hydrogen-bond acceptors (Lipinski definition) is 6. The van der Waals surface area contributed by atoms with Crippen molar-refractivity contribution in [2.24, 2.45) is 0 Å². The van der Waals surface area contributed by atoms with Crippen molar-refractivity contribution in [3.05, 3.63) is 17.5 Å². The van der Waals surface area contributed by atoms with E-state index in [0.717, 1.165) is 57.4 Å². The van der Waals surface area contributed by atoms with Crippen LogP contribution in [0.25, 0.3) is 0 Å². The van der Waals surface area contributed by atoms with E-state index in [9.17, 15) is 13.2 Å². The van der Waals surface area contributed by atoms with Crippen LogP contribution in [0.15, 0.2) is 10.6 Å². The maximum Gasteiger partial charge on any atom is 0.282 e. The van der Waals surface area contributed by atoms with Crippen LogP contribution in [0.2, 0.25) is 0 Å². The quantitative estimate of drug-likeness (QED) is 0.705. The fourth-order valence-electron chi connectivity index (χ4n) is 5.54. The Bertz CT molecular complexity index is 908. The number of amides is 1. The van der Waals surface area contributed by atoms with Crippen molar-refractivity contribution in [1.29, 1.82) is 0 Å². The van der Waals surface area contributed by atoms with Crippen LogP contribution in [0, 0.1) is 0 Å². The van der Waals surface area contributed by atoms with Crippen LogP contribution >= 0.6 is 0 Å². The minimum atomic E-state index is -3.51. The van der Waals surface area contributed by atoms with Gasteiger partial charge in [-0.05, 0) is 71.5 Å². The first kappa shape index (κ1) is 21.4. The SMILES string of the molecule is CN1CCC(N(C)S(=O)(=O)N2[C@@H]3CC[C@H]2CC(NC(=O)c2cc(C4CC4)on2)C3)CC1. The number of rotatable bonds is 6. The standard InChI is InChI=1S/C21H33N5O4S/c1-24-9-7-16(8-10-24)25(2)31(28,29)26-17-5-6-18(26)12-15(11-17)22-21(27)19-13-20(30-23-19)14-3-4-14/h13-18H,3-12H2,1-2H3,(H,22,27)/t15?,17-,18+. The van der Waals surface area contributed by atoms with Gasteiger partial charge in [0.2, 0.25) is 0 Å². The maximum atomic E-state index is 13.5. The van der Waals surface area contributed by atoms with Gasteiger partial charge in [0, 0.05) is 43.2 Å². The molecule has 1 amide bonds. The molecule has 172 valence electrons. The molecule has 1 unspecified atom stereocenters. The van der Waals surface area contributed by atoms with Gasteiger partial charge in [0.05, 0.1) is 0 Å². The minimum absolute atomic E-state index is 0.0360. The number of aromatic nitrogens is 1. The number of piperidine rings is 2. The zero-order chi connectivity index (χ0) is 21.8. The molecular weight excluding hydrogens is 418 g/mol. The van der Waals surface area contributed by atoms with E-state index in [1.807, 2.05) is 0 Å². The number of hydrogen-bond donors (Lipinski definition) is 1. The maximum absolute atomic E-state index is 13.5. The molecule has 0 spiro atoms. The summed E-state index contributed by atoms with van der Waals surface area (Å²) in [6, 6.07) is 1.67. The molecule has 4 heterocycles. The number of carbonyl (C=O) groups is 1. The summed E-state index contributed by atoms with van der Waals surface area (Å²) in [5.74, 6) is 0.989. The number of carbonyl (C=O) groups excluding carboxylic acids is 1. The molecule has 3 aliphatic heterocycles. The van der Waals surface area contributed by atoms with Gasteiger partial charge in [-0.3, -0.25) is 4.79 Å². The molecule has 4 aliphatic rings. The number of nitrogens with zero attached hydrogens (tertiary/aromatic N) is 4. The van der Waals surface area contributed by atoms with Gasteiger partial charge in [-0.2, -0.15) is 17.0 Å². The summed E-state index contributed by atoms with van der Waals surface area (Å²) in [6.45, 7) is 1.85. The Morgan fingerprint density at radius 2 is 1.77 bits per heavy atom. The number of likely N-dealkylation sites (tertiary alicyclic amines) is 1. The van der Waals surface area contributed by atoms with Gasteiger partial charge in [0.1, 0.15) is 5.76 Å². The van der Waals surface area contributed by atoms with E-state index < -0.39 is 10.2 Å². The molecule has 1 aromatic rings. The van der Waals surface area contributed by atoms with E-state index in [1.165, 1.54) is 0 Å². The average Bonchev–Trinajstić information content (AvgIpc) is 3.40. The van der Waals surface area contributed by atoms with Gasteiger partial charge >= 0.3 is 0 Å². The Labute approximate surface area is 184 Å². The molecule has 0 aromatic carbocycles. The van der Waals surface area contributed by atoms with Crippen LogP contribution < -0.4 is 5.32 Å². The predicted octanol–water partition coefficient (Wildman–Crippen LogP) is 1.55. The minimum Gasteiger partial charge on any atom is -0.360 e. The molecule has 4 fully saturated rings. The fraction of sp³-hybridized carbons (Fsp3) is 0.810. The van der Waals surface area contributed by atoms with Crippen molar-refractivity contribution >= 4 is 16.1 Å². The van der Waals surface area contributed by atoms with Crippen LogP contribution in [-0.4, -0.2) is 84.3 Å². The van der Waals surface area contributed by atoms with Gasteiger partial charge in [-0.15, -0.1) is 0 Å². The Balaban J connectivity index is 1.22. The Kier molecular flexibility index (Phi) is 5.60. The van der Waals surface area contributed by atoms with Gasteiger partial charge in [0.15, 0.2) is 5.69 Å². The number of nitrogens with one attached hydrogen (secondary N) is 1. The van der Waals surface area contributed by atoms with Crippen LogP contribution in [-0.2, 0) is 10.2 Å². The van der Waals surface area contributed by atoms with Gasteiger partial charge in [-0.25, -0.2) is 0 Å². The van der Waals surface area contributed by atoms with E-state index in [0.29, 0.717) is 24.5 Å². The topological polar surface area (TPSA) is 99.0 Å². The van der Waals surface area contributed by atoms with Crippen molar-refractivity contribution in [1.82, 2.24) is 24.0 Å². The monoisotopic (exact) mass is 451 g/mol. The third-order valence-corrected chi connectivity index (χ3v) is 9.73. The second kappa shape index (κ2) is 8.13. The van der Waals surface area contributed by atoms with Crippen LogP contribution in [0.4, 0.5) is 0 Å². The molecule has 0 radical (unpaired) electrons. The van der Waals surface area contributed by atoms with E-state index in [-0.39, 0.29) is 30.1 Å². The highest BCUT2D eigenvalue weighted by atomic mass is 32.2. The highest BCUT2D eigenvalue weighted by Crippen LogP contribution is 2.41. The second-order valence-corrected chi connectivity index (χ2v) is 11.7. The molecule has 1 N–H and O–H groups in total. The van der Waals surface area contributed by atoms with Crippen molar-refractivity contribution in [3.8, 4) is 0 Å². The molecule has 10 heteroatoms. The summed E-state index contributed by atoms with van der Waals surface area (Å²) in [5.41, 5.74) is 0.325. The van der Waals surface area contributed by atoms with Gasteiger partial charge in [-0.1, -0.05) is 5.16 Å². The molecule has 3 atom stereocenters. The largest absolute Gasteiger partial charge is 0.360 e. The predicted molar refractivity (Wildman–Crippen MR) is 115 cm³/mol. The third kappa shape index (κ3) is 4.15. The van der Waals surface area contributed by atoms with Crippen molar-refractivity contribution in [2.45, 2.75) is 81.5 Å². The lowest BCUT2D eigenvalue weighted by molar-refractivity contribution is 0.0897. The molecule has 1 saturated carbocycles. The smallest absolute Gasteiger partial charge is 0.282 e. The summed E-state index contributed by atoms with van der Waals surface area (Å²) < 4.78 is 35.6. The van der Waals surface area contributed by atoms with Crippen molar-refractivity contribution < 1.29 is 17.7 Å². The molecule has 2 bridgehead atoms. The zero-order valence-electron chi connectivity index (χ0n) is 18.4. The van der Waals surface area contributed by atoms with Crippen LogP contribution in [0.3, 0.4) is 0 Å². The molecule has 1 aromatic heterocycles. The first-order valence-electron chi connectivity index (χ1n) is 11.6. The molecule has 5 rings (SSSR count). The number of fused-ring (bicyclic) bond motifs is 2. The van der Waals surface area contributed by atoms with Gasteiger partial charge < -0.3 is 14.7 Å². The van der Waals surface area contributed by atoms with Crippen LogP contribution in [0.1, 0.15) is 73.5 Å². The third-order valence-electron chi connectivity index (χ3n) is 7.57. The second-order valence-electron chi connectivity index (χ2n) is 9.80. The summed E-state index contributed by atoms with van der Waals surface area (Å²) >= 11 is 0. The molecule has 31 heavy (non-hydrogen) atoms.